The minimum absolute atomic E-state index is 0.0768. The molecule has 7 heteroatoms. The first kappa shape index (κ1) is 22.4. The summed E-state index contributed by atoms with van der Waals surface area (Å²) in [5, 5.41) is 9.93. The SMILES string of the molecule is CCNC(=NCc1ccnc(OCC2CC2)c1)NC1CCCC(C(=O)NC(C)C)C1. The van der Waals surface area contributed by atoms with E-state index in [4.69, 9.17) is 9.73 Å². The maximum Gasteiger partial charge on any atom is 0.223 e. The highest BCUT2D eigenvalue weighted by molar-refractivity contribution is 5.81. The van der Waals surface area contributed by atoms with Crippen LogP contribution in [0.1, 0.15) is 64.9 Å². The number of hydrogen-bond acceptors (Lipinski definition) is 4. The Morgan fingerprint density at radius 3 is 2.87 bits per heavy atom. The molecule has 7 nitrogen and oxygen atoms in total. The van der Waals surface area contributed by atoms with Crippen molar-refractivity contribution in [2.75, 3.05) is 13.2 Å². The van der Waals surface area contributed by atoms with Crippen LogP contribution in [-0.4, -0.2) is 42.1 Å². The molecular weight excluding hydrogens is 378 g/mol. The summed E-state index contributed by atoms with van der Waals surface area (Å²) in [6.07, 6.45) is 8.24. The number of nitrogens with zero attached hydrogens (tertiary/aromatic N) is 2. The van der Waals surface area contributed by atoms with Crippen LogP contribution in [-0.2, 0) is 11.3 Å². The molecule has 0 saturated heterocycles. The van der Waals surface area contributed by atoms with Crippen molar-refractivity contribution in [2.24, 2.45) is 16.8 Å². The molecule has 0 bridgehead atoms. The summed E-state index contributed by atoms with van der Waals surface area (Å²) in [5.41, 5.74) is 1.07. The molecule has 1 aromatic rings. The van der Waals surface area contributed by atoms with Crippen molar-refractivity contribution in [1.29, 1.82) is 0 Å². The number of aliphatic imine (C=N–C) groups is 1. The third-order valence-electron chi connectivity index (χ3n) is 5.54. The molecule has 2 fully saturated rings. The van der Waals surface area contributed by atoms with Gasteiger partial charge < -0.3 is 20.7 Å². The lowest BCUT2D eigenvalue weighted by molar-refractivity contribution is -0.126. The highest BCUT2D eigenvalue weighted by atomic mass is 16.5. The van der Waals surface area contributed by atoms with E-state index in [0.29, 0.717) is 18.3 Å². The molecule has 0 aromatic carbocycles. The molecule has 2 saturated carbocycles. The molecule has 2 atom stereocenters. The van der Waals surface area contributed by atoms with Crippen LogP contribution in [0.25, 0.3) is 0 Å². The van der Waals surface area contributed by atoms with Gasteiger partial charge in [0, 0.05) is 36.8 Å². The van der Waals surface area contributed by atoms with Crippen molar-refractivity contribution in [2.45, 2.75) is 77.9 Å². The van der Waals surface area contributed by atoms with Crippen molar-refractivity contribution in [3.05, 3.63) is 23.9 Å². The molecule has 0 radical (unpaired) electrons. The van der Waals surface area contributed by atoms with E-state index in [9.17, 15) is 4.79 Å². The van der Waals surface area contributed by atoms with Gasteiger partial charge in [-0.1, -0.05) is 6.42 Å². The number of ether oxygens (including phenoxy) is 1. The van der Waals surface area contributed by atoms with Crippen LogP contribution in [0.4, 0.5) is 0 Å². The highest BCUT2D eigenvalue weighted by Crippen LogP contribution is 2.29. The molecule has 166 valence electrons. The van der Waals surface area contributed by atoms with E-state index in [2.05, 4.69) is 27.9 Å². The number of amides is 1. The van der Waals surface area contributed by atoms with Crippen molar-refractivity contribution >= 4 is 11.9 Å². The van der Waals surface area contributed by atoms with Crippen LogP contribution in [0.3, 0.4) is 0 Å². The zero-order chi connectivity index (χ0) is 21.3. The van der Waals surface area contributed by atoms with Crippen LogP contribution >= 0.6 is 0 Å². The Morgan fingerprint density at radius 1 is 1.30 bits per heavy atom. The van der Waals surface area contributed by atoms with Gasteiger partial charge >= 0.3 is 0 Å². The second-order valence-corrected chi connectivity index (χ2v) is 8.82. The molecule has 3 rings (SSSR count). The van der Waals surface area contributed by atoms with Gasteiger partial charge in [0.15, 0.2) is 5.96 Å². The molecular formula is C23H37N5O2. The number of carbonyl (C=O) groups is 1. The second kappa shape index (κ2) is 11.2. The van der Waals surface area contributed by atoms with Gasteiger partial charge in [0.2, 0.25) is 11.8 Å². The number of nitrogens with one attached hydrogen (secondary N) is 3. The molecule has 2 aliphatic carbocycles. The Balaban J connectivity index is 1.54. The van der Waals surface area contributed by atoms with E-state index >= 15 is 0 Å². The van der Waals surface area contributed by atoms with Gasteiger partial charge in [0.05, 0.1) is 13.2 Å². The van der Waals surface area contributed by atoms with E-state index in [-0.39, 0.29) is 23.9 Å². The number of pyridine rings is 1. The van der Waals surface area contributed by atoms with Gasteiger partial charge in [-0.3, -0.25) is 4.79 Å². The fraction of sp³-hybridized carbons (Fsp3) is 0.696. The van der Waals surface area contributed by atoms with Crippen LogP contribution in [0.5, 0.6) is 5.88 Å². The molecule has 0 spiro atoms. The minimum Gasteiger partial charge on any atom is -0.477 e. The maximum absolute atomic E-state index is 12.4. The fourth-order valence-electron chi connectivity index (χ4n) is 3.76. The van der Waals surface area contributed by atoms with E-state index in [1.807, 2.05) is 26.0 Å². The predicted octanol–water partition coefficient (Wildman–Crippen LogP) is 3.01. The summed E-state index contributed by atoms with van der Waals surface area (Å²) >= 11 is 0. The molecule has 1 amide bonds. The van der Waals surface area contributed by atoms with E-state index in [0.717, 1.165) is 50.4 Å². The standard InChI is InChI=1S/C23H37N5O2/c1-4-24-23(28-20-7-5-6-19(13-20)22(29)27-16(2)3)26-14-18-10-11-25-21(12-18)30-15-17-8-9-17/h10-12,16-17,19-20H,4-9,13-15H2,1-3H3,(H,27,29)(H2,24,26,28). The quantitative estimate of drug-likeness (QED) is 0.426. The van der Waals surface area contributed by atoms with Gasteiger partial charge in [-0.15, -0.1) is 0 Å². The van der Waals surface area contributed by atoms with E-state index < -0.39 is 0 Å². The van der Waals surface area contributed by atoms with Crippen LogP contribution in [0.2, 0.25) is 0 Å². The first-order valence-corrected chi connectivity index (χ1v) is 11.5. The number of carbonyl (C=O) groups excluding carboxylic acids is 1. The van der Waals surface area contributed by atoms with Crippen LogP contribution in [0, 0.1) is 11.8 Å². The summed E-state index contributed by atoms with van der Waals surface area (Å²) in [6, 6.07) is 4.39. The molecule has 1 aromatic heterocycles. The lowest BCUT2D eigenvalue weighted by Crippen LogP contribution is -2.47. The predicted molar refractivity (Wildman–Crippen MR) is 119 cm³/mol. The minimum atomic E-state index is 0.0768. The molecule has 3 N–H and O–H groups in total. The normalized spacial score (nSPS) is 21.9. The van der Waals surface area contributed by atoms with Gasteiger partial charge in [0.1, 0.15) is 0 Å². The Bertz CT molecular complexity index is 717. The van der Waals surface area contributed by atoms with Crippen molar-refractivity contribution in [3.63, 3.8) is 0 Å². The average molecular weight is 416 g/mol. The third-order valence-corrected chi connectivity index (χ3v) is 5.54. The molecule has 2 unspecified atom stereocenters. The third kappa shape index (κ3) is 7.50. The van der Waals surface area contributed by atoms with Gasteiger partial charge in [0.25, 0.3) is 0 Å². The number of rotatable bonds is 9. The Morgan fingerprint density at radius 2 is 2.13 bits per heavy atom. The largest absolute Gasteiger partial charge is 0.477 e. The summed E-state index contributed by atoms with van der Waals surface area (Å²) in [4.78, 5) is 21.5. The first-order valence-electron chi connectivity index (χ1n) is 11.5. The lowest BCUT2D eigenvalue weighted by Gasteiger charge is -2.30. The summed E-state index contributed by atoms with van der Waals surface area (Å²) in [6.45, 7) is 8.19. The monoisotopic (exact) mass is 415 g/mol. The van der Waals surface area contributed by atoms with Gasteiger partial charge in [-0.25, -0.2) is 9.98 Å². The van der Waals surface area contributed by atoms with Gasteiger partial charge in [-0.2, -0.15) is 0 Å². The highest BCUT2D eigenvalue weighted by Gasteiger charge is 2.28. The number of hydrogen-bond donors (Lipinski definition) is 3. The van der Waals surface area contributed by atoms with E-state index in [1.54, 1.807) is 6.20 Å². The van der Waals surface area contributed by atoms with Gasteiger partial charge in [-0.05, 0) is 70.4 Å². The first-order chi connectivity index (χ1) is 14.5. The van der Waals surface area contributed by atoms with Crippen LogP contribution in [0.15, 0.2) is 23.3 Å². The smallest absolute Gasteiger partial charge is 0.223 e. The molecule has 0 aliphatic heterocycles. The van der Waals surface area contributed by atoms with Crippen molar-refractivity contribution in [3.8, 4) is 5.88 Å². The molecule has 30 heavy (non-hydrogen) atoms. The second-order valence-electron chi connectivity index (χ2n) is 8.82. The summed E-state index contributed by atoms with van der Waals surface area (Å²) in [5.74, 6) is 2.44. The maximum atomic E-state index is 12.4. The number of aromatic nitrogens is 1. The van der Waals surface area contributed by atoms with Crippen molar-refractivity contribution in [1.82, 2.24) is 20.9 Å². The Hall–Kier alpha value is -2.31. The fourth-order valence-corrected chi connectivity index (χ4v) is 3.76. The average Bonchev–Trinajstić information content (AvgIpc) is 3.55. The lowest BCUT2D eigenvalue weighted by atomic mass is 9.85. The Kier molecular flexibility index (Phi) is 8.34. The molecule has 2 aliphatic rings. The Labute approximate surface area is 180 Å². The molecule has 1 heterocycles. The zero-order valence-electron chi connectivity index (χ0n) is 18.6. The number of guanidine groups is 1. The zero-order valence-corrected chi connectivity index (χ0v) is 18.6. The topological polar surface area (TPSA) is 87.6 Å². The van der Waals surface area contributed by atoms with Crippen LogP contribution < -0.4 is 20.7 Å². The van der Waals surface area contributed by atoms with Crippen molar-refractivity contribution < 1.29 is 9.53 Å². The summed E-state index contributed by atoms with van der Waals surface area (Å²) < 4.78 is 5.78. The summed E-state index contributed by atoms with van der Waals surface area (Å²) in [7, 11) is 0. The van der Waals surface area contributed by atoms with E-state index in [1.165, 1.54) is 12.8 Å².